The maximum absolute atomic E-state index is 12.0. The SMILES string of the molecule is CC1CNCC(C)N1CCCC(F)(F)F. The lowest BCUT2D eigenvalue weighted by Crippen LogP contribution is -2.55. The van der Waals surface area contributed by atoms with Gasteiger partial charge in [0.15, 0.2) is 0 Å². The van der Waals surface area contributed by atoms with E-state index in [0.29, 0.717) is 18.6 Å². The van der Waals surface area contributed by atoms with Crippen LogP contribution in [0.5, 0.6) is 0 Å². The molecule has 0 radical (unpaired) electrons. The minimum atomic E-state index is -4.01. The zero-order valence-corrected chi connectivity index (χ0v) is 9.27. The summed E-state index contributed by atoms with van der Waals surface area (Å²) in [5.74, 6) is 0. The molecule has 0 aromatic carbocycles. The van der Waals surface area contributed by atoms with Gasteiger partial charge in [0.25, 0.3) is 0 Å². The highest BCUT2D eigenvalue weighted by Crippen LogP contribution is 2.22. The van der Waals surface area contributed by atoms with Gasteiger partial charge >= 0.3 is 6.18 Å². The van der Waals surface area contributed by atoms with E-state index in [2.05, 4.69) is 24.1 Å². The zero-order chi connectivity index (χ0) is 11.5. The van der Waals surface area contributed by atoms with Crippen LogP contribution in [0.2, 0.25) is 0 Å². The Morgan fingerprint density at radius 3 is 2.20 bits per heavy atom. The number of rotatable bonds is 3. The quantitative estimate of drug-likeness (QED) is 0.789. The van der Waals surface area contributed by atoms with Crippen molar-refractivity contribution in [2.45, 2.75) is 44.9 Å². The molecule has 0 bridgehead atoms. The summed E-state index contributed by atoms with van der Waals surface area (Å²) in [6.45, 7) is 6.39. The third-order valence-corrected chi connectivity index (χ3v) is 2.89. The molecule has 0 aliphatic carbocycles. The Morgan fingerprint density at radius 2 is 1.73 bits per heavy atom. The first-order valence-corrected chi connectivity index (χ1v) is 5.43. The predicted molar refractivity (Wildman–Crippen MR) is 53.8 cm³/mol. The molecule has 1 aliphatic heterocycles. The average molecular weight is 224 g/mol. The molecule has 2 unspecified atom stereocenters. The lowest BCUT2D eigenvalue weighted by Gasteiger charge is -2.39. The number of halogens is 3. The molecule has 1 saturated heterocycles. The summed E-state index contributed by atoms with van der Waals surface area (Å²) >= 11 is 0. The molecule has 2 nitrogen and oxygen atoms in total. The number of hydrogen-bond donors (Lipinski definition) is 1. The van der Waals surface area contributed by atoms with Crippen LogP contribution in [0.4, 0.5) is 13.2 Å². The van der Waals surface area contributed by atoms with Crippen LogP contribution in [0.15, 0.2) is 0 Å². The Morgan fingerprint density at radius 1 is 1.20 bits per heavy atom. The van der Waals surface area contributed by atoms with Gasteiger partial charge in [-0.2, -0.15) is 13.2 Å². The fourth-order valence-electron chi connectivity index (χ4n) is 2.07. The van der Waals surface area contributed by atoms with Crippen molar-refractivity contribution in [2.75, 3.05) is 19.6 Å². The molecule has 1 fully saturated rings. The van der Waals surface area contributed by atoms with Crippen LogP contribution < -0.4 is 5.32 Å². The summed E-state index contributed by atoms with van der Waals surface area (Å²) in [7, 11) is 0. The van der Waals surface area contributed by atoms with Gasteiger partial charge in [-0.05, 0) is 26.8 Å². The van der Waals surface area contributed by atoms with Gasteiger partial charge in [0, 0.05) is 31.6 Å². The van der Waals surface area contributed by atoms with Crippen LogP contribution in [-0.4, -0.2) is 42.8 Å². The molecular weight excluding hydrogens is 205 g/mol. The molecule has 2 atom stereocenters. The van der Waals surface area contributed by atoms with Gasteiger partial charge in [-0.3, -0.25) is 4.90 Å². The van der Waals surface area contributed by atoms with Crippen molar-refractivity contribution >= 4 is 0 Å². The fraction of sp³-hybridized carbons (Fsp3) is 1.00. The molecule has 1 aliphatic rings. The first kappa shape index (κ1) is 12.8. The van der Waals surface area contributed by atoms with Crippen molar-refractivity contribution in [2.24, 2.45) is 0 Å². The van der Waals surface area contributed by atoms with Gasteiger partial charge in [0.1, 0.15) is 0 Å². The molecule has 0 spiro atoms. The molecule has 15 heavy (non-hydrogen) atoms. The van der Waals surface area contributed by atoms with Crippen LogP contribution in [0.25, 0.3) is 0 Å². The molecule has 5 heteroatoms. The van der Waals surface area contributed by atoms with Gasteiger partial charge in [0.2, 0.25) is 0 Å². The Balaban J connectivity index is 2.29. The van der Waals surface area contributed by atoms with Crippen LogP contribution >= 0.6 is 0 Å². The highest BCUT2D eigenvalue weighted by molar-refractivity contribution is 4.82. The van der Waals surface area contributed by atoms with Crippen molar-refractivity contribution in [3.63, 3.8) is 0 Å². The Kier molecular flexibility index (Phi) is 4.40. The second-order valence-electron chi connectivity index (χ2n) is 4.31. The molecule has 1 N–H and O–H groups in total. The standard InChI is InChI=1S/C10H19F3N2/c1-8-6-14-7-9(2)15(8)5-3-4-10(11,12)13/h8-9,14H,3-7H2,1-2H3. The lowest BCUT2D eigenvalue weighted by molar-refractivity contribution is -0.136. The van der Waals surface area contributed by atoms with Crippen LogP contribution in [0, 0.1) is 0 Å². The highest BCUT2D eigenvalue weighted by atomic mass is 19.4. The summed E-state index contributed by atoms with van der Waals surface area (Å²) in [6, 6.07) is 0.670. The van der Waals surface area contributed by atoms with Crippen LogP contribution in [-0.2, 0) is 0 Å². The lowest BCUT2D eigenvalue weighted by atomic mass is 10.1. The van der Waals surface area contributed by atoms with Gasteiger partial charge in [-0.25, -0.2) is 0 Å². The first-order valence-electron chi connectivity index (χ1n) is 5.43. The number of alkyl halides is 3. The minimum Gasteiger partial charge on any atom is -0.314 e. The van der Waals surface area contributed by atoms with E-state index in [4.69, 9.17) is 0 Å². The maximum Gasteiger partial charge on any atom is 0.389 e. The van der Waals surface area contributed by atoms with E-state index >= 15 is 0 Å². The van der Waals surface area contributed by atoms with E-state index in [0.717, 1.165) is 13.1 Å². The third kappa shape index (κ3) is 4.38. The normalized spacial score (nSPS) is 29.4. The second kappa shape index (κ2) is 5.16. The molecule has 0 saturated carbocycles. The highest BCUT2D eigenvalue weighted by Gasteiger charge is 2.29. The average Bonchev–Trinajstić information content (AvgIpc) is 2.08. The summed E-state index contributed by atoms with van der Waals surface area (Å²) in [5.41, 5.74) is 0. The van der Waals surface area contributed by atoms with Gasteiger partial charge in [0.05, 0.1) is 0 Å². The Hall–Kier alpha value is -0.290. The summed E-state index contributed by atoms with van der Waals surface area (Å²) in [6.07, 6.45) is -4.48. The molecular formula is C10H19F3N2. The van der Waals surface area contributed by atoms with Crippen LogP contribution in [0.3, 0.4) is 0 Å². The van der Waals surface area contributed by atoms with Crippen molar-refractivity contribution in [1.29, 1.82) is 0 Å². The number of nitrogens with one attached hydrogen (secondary N) is 1. The molecule has 0 amide bonds. The van der Waals surface area contributed by atoms with Gasteiger partial charge < -0.3 is 5.32 Å². The molecule has 90 valence electrons. The summed E-state index contributed by atoms with van der Waals surface area (Å²) < 4.78 is 35.9. The predicted octanol–water partition coefficient (Wildman–Crippen LogP) is 2.01. The zero-order valence-electron chi connectivity index (χ0n) is 9.27. The van der Waals surface area contributed by atoms with E-state index in [1.54, 1.807) is 0 Å². The Bertz CT molecular complexity index is 184. The third-order valence-electron chi connectivity index (χ3n) is 2.89. The monoisotopic (exact) mass is 224 g/mol. The molecule has 1 rings (SSSR count). The van der Waals surface area contributed by atoms with E-state index in [-0.39, 0.29) is 6.42 Å². The molecule has 0 aromatic heterocycles. The smallest absolute Gasteiger partial charge is 0.314 e. The first-order chi connectivity index (χ1) is 6.90. The fourth-order valence-corrected chi connectivity index (χ4v) is 2.07. The number of nitrogens with zero attached hydrogens (tertiary/aromatic N) is 1. The van der Waals surface area contributed by atoms with E-state index in [9.17, 15) is 13.2 Å². The van der Waals surface area contributed by atoms with Gasteiger partial charge in [-0.15, -0.1) is 0 Å². The largest absolute Gasteiger partial charge is 0.389 e. The van der Waals surface area contributed by atoms with E-state index < -0.39 is 12.6 Å². The van der Waals surface area contributed by atoms with Crippen molar-refractivity contribution in [3.05, 3.63) is 0 Å². The molecule has 0 aromatic rings. The maximum atomic E-state index is 12.0. The number of piperazine rings is 1. The second-order valence-corrected chi connectivity index (χ2v) is 4.31. The molecule has 1 heterocycles. The van der Waals surface area contributed by atoms with Crippen molar-refractivity contribution in [1.82, 2.24) is 10.2 Å². The van der Waals surface area contributed by atoms with Crippen LogP contribution in [0.1, 0.15) is 26.7 Å². The number of hydrogen-bond acceptors (Lipinski definition) is 2. The minimum absolute atomic E-state index is 0.207. The van der Waals surface area contributed by atoms with Crippen molar-refractivity contribution < 1.29 is 13.2 Å². The van der Waals surface area contributed by atoms with E-state index in [1.165, 1.54) is 0 Å². The summed E-state index contributed by atoms with van der Waals surface area (Å²) in [5, 5.41) is 3.26. The van der Waals surface area contributed by atoms with Crippen molar-refractivity contribution in [3.8, 4) is 0 Å². The van der Waals surface area contributed by atoms with E-state index in [1.807, 2.05) is 0 Å². The summed E-state index contributed by atoms with van der Waals surface area (Å²) in [4.78, 5) is 2.16. The topological polar surface area (TPSA) is 15.3 Å². The van der Waals surface area contributed by atoms with Gasteiger partial charge in [-0.1, -0.05) is 0 Å². The Labute approximate surface area is 88.8 Å².